The number of amides is 2. The Kier molecular flexibility index (Phi) is 5.44. The van der Waals surface area contributed by atoms with Crippen LogP contribution < -0.4 is 9.64 Å². The number of carbonyl (C=O) groups is 3. The predicted octanol–water partition coefficient (Wildman–Crippen LogP) is 1.90. The Morgan fingerprint density at radius 1 is 1.31 bits per heavy atom. The maximum absolute atomic E-state index is 12.9. The molecule has 2 aliphatic rings. The number of carbonyl (C=O) groups excluding carboxylic acids is 2. The number of carboxylic acids is 1. The van der Waals surface area contributed by atoms with E-state index in [9.17, 15) is 14.4 Å². The molecule has 2 heterocycles. The smallest absolute Gasteiger partial charge is 0.305 e. The lowest BCUT2D eigenvalue weighted by atomic mass is 10.1. The van der Waals surface area contributed by atoms with E-state index in [2.05, 4.69) is 0 Å². The van der Waals surface area contributed by atoms with Crippen LogP contribution in [0.4, 0.5) is 5.69 Å². The zero-order chi connectivity index (χ0) is 18.7. The summed E-state index contributed by atoms with van der Waals surface area (Å²) < 4.78 is 5.60. The van der Waals surface area contributed by atoms with Crippen molar-refractivity contribution in [3.63, 3.8) is 0 Å². The van der Waals surface area contributed by atoms with Crippen LogP contribution in [0, 0.1) is 5.92 Å². The number of ether oxygens (including phenoxy) is 1. The highest BCUT2D eigenvalue weighted by molar-refractivity contribution is 6.01. The lowest BCUT2D eigenvalue weighted by Gasteiger charge is -2.26. The maximum atomic E-state index is 12.9. The summed E-state index contributed by atoms with van der Waals surface area (Å²) in [5.41, 5.74) is 0.679. The molecular weight excluding hydrogens is 336 g/mol. The monoisotopic (exact) mass is 360 g/mol. The fourth-order valence-electron chi connectivity index (χ4n) is 3.84. The minimum Gasteiger partial charge on any atom is -0.492 e. The van der Waals surface area contributed by atoms with Gasteiger partial charge in [-0.2, -0.15) is 0 Å². The topological polar surface area (TPSA) is 87.2 Å². The molecule has 0 spiro atoms. The molecule has 2 fully saturated rings. The van der Waals surface area contributed by atoms with Gasteiger partial charge in [0.2, 0.25) is 11.8 Å². The number of carboxylic acid groups (broad SMARTS) is 1. The van der Waals surface area contributed by atoms with Gasteiger partial charge in [0, 0.05) is 25.6 Å². The minimum atomic E-state index is -0.899. The van der Waals surface area contributed by atoms with E-state index in [4.69, 9.17) is 9.84 Å². The average molecular weight is 360 g/mol. The number of hydrogen-bond donors (Lipinski definition) is 1. The molecule has 2 amide bonds. The van der Waals surface area contributed by atoms with E-state index in [-0.39, 0.29) is 30.7 Å². The third-order valence-electron chi connectivity index (χ3n) is 5.00. The van der Waals surface area contributed by atoms with Gasteiger partial charge in [-0.15, -0.1) is 0 Å². The maximum Gasteiger partial charge on any atom is 0.305 e. The third-order valence-corrected chi connectivity index (χ3v) is 5.00. The molecule has 7 nitrogen and oxygen atoms in total. The molecule has 0 aromatic heterocycles. The molecule has 1 aromatic carbocycles. The van der Waals surface area contributed by atoms with Gasteiger partial charge < -0.3 is 19.6 Å². The summed E-state index contributed by atoms with van der Waals surface area (Å²) in [5, 5.41) is 9.04. The fraction of sp³-hybridized carbons (Fsp3) is 0.526. The van der Waals surface area contributed by atoms with E-state index in [1.54, 1.807) is 9.80 Å². The molecule has 2 aliphatic heterocycles. The Bertz CT molecular complexity index is 705. The van der Waals surface area contributed by atoms with Gasteiger partial charge in [0.05, 0.1) is 24.6 Å². The molecule has 3 rings (SSSR count). The number of nitrogens with zero attached hydrogens (tertiary/aromatic N) is 2. The van der Waals surface area contributed by atoms with Gasteiger partial charge in [0.15, 0.2) is 0 Å². The van der Waals surface area contributed by atoms with Gasteiger partial charge in [-0.05, 0) is 31.9 Å². The second-order valence-electron chi connectivity index (χ2n) is 6.73. The number of hydrogen-bond acceptors (Lipinski definition) is 4. The Balaban J connectivity index is 1.73. The van der Waals surface area contributed by atoms with Gasteiger partial charge in [0.25, 0.3) is 0 Å². The number of anilines is 1. The molecule has 0 radical (unpaired) electrons. The van der Waals surface area contributed by atoms with Crippen molar-refractivity contribution in [2.75, 3.05) is 24.6 Å². The molecule has 140 valence electrons. The van der Waals surface area contributed by atoms with Crippen LogP contribution in [0.3, 0.4) is 0 Å². The molecule has 26 heavy (non-hydrogen) atoms. The lowest BCUT2D eigenvalue weighted by molar-refractivity contribution is -0.141. The Morgan fingerprint density at radius 3 is 2.81 bits per heavy atom. The molecule has 2 saturated heterocycles. The van der Waals surface area contributed by atoms with Crippen LogP contribution in [-0.4, -0.2) is 53.5 Å². The van der Waals surface area contributed by atoms with Crippen molar-refractivity contribution in [2.24, 2.45) is 5.92 Å². The molecule has 1 N–H and O–H groups in total. The van der Waals surface area contributed by atoms with Crippen molar-refractivity contribution in [3.05, 3.63) is 24.3 Å². The first-order valence-corrected chi connectivity index (χ1v) is 9.05. The van der Waals surface area contributed by atoms with Crippen molar-refractivity contribution in [2.45, 2.75) is 38.6 Å². The van der Waals surface area contributed by atoms with E-state index in [1.165, 1.54) is 0 Å². The van der Waals surface area contributed by atoms with Gasteiger partial charge in [0.1, 0.15) is 5.75 Å². The van der Waals surface area contributed by atoms with E-state index in [0.717, 1.165) is 6.42 Å². The van der Waals surface area contributed by atoms with Gasteiger partial charge in [-0.3, -0.25) is 14.4 Å². The van der Waals surface area contributed by atoms with Crippen LogP contribution in [0.5, 0.6) is 5.75 Å². The summed E-state index contributed by atoms with van der Waals surface area (Å²) in [6.07, 6.45) is 1.62. The van der Waals surface area contributed by atoms with E-state index >= 15 is 0 Å². The van der Waals surface area contributed by atoms with Crippen molar-refractivity contribution < 1.29 is 24.2 Å². The van der Waals surface area contributed by atoms with E-state index in [0.29, 0.717) is 37.6 Å². The van der Waals surface area contributed by atoms with E-state index < -0.39 is 11.9 Å². The van der Waals surface area contributed by atoms with Crippen molar-refractivity contribution in [3.8, 4) is 5.75 Å². The Hall–Kier alpha value is -2.57. The molecule has 0 aliphatic carbocycles. The molecule has 2 unspecified atom stereocenters. The number of likely N-dealkylation sites (tertiary alicyclic amines) is 1. The summed E-state index contributed by atoms with van der Waals surface area (Å²) in [6.45, 7) is 3.24. The van der Waals surface area contributed by atoms with Crippen molar-refractivity contribution in [1.82, 2.24) is 4.90 Å². The molecule has 0 saturated carbocycles. The summed E-state index contributed by atoms with van der Waals surface area (Å²) in [4.78, 5) is 39.7. The lowest BCUT2D eigenvalue weighted by Crippen LogP contribution is -2.41. The van der Waals surface area contributed by atoms with Gasteiger partial charge in [-0.1, -0.05) is 12.1 Å². The number of aliphatic carboxylic acids is 1. The standard InChI is InChI=1S/C19H24N2O5/c1-2-26-16-8-4-3-7-15(16)21-12-13(10-17(21)22)19(25)20-9-5-6-14(20)11-18(23)24/h3-4,7-8,13-14H,2,5-6,9-12H2,1H3,(H,23,24). The van der Waals surface area contributed by atoms with E-state index in [1.807, 2.05) is 31.2 Å². The van der Waals surface area contributed by atoms with Crippen LogP contribution in [0.15, 0.2) is 24.3 Å². The highest BCUT2D eigenvalue weighted by Crippen LogP contribution is 2.34. The highest BCUT2D eigenvalue weighted by Gasteiger charge is 2.41. The molecule has 7 heteroatoms. The van der Waals surface area contributed by atoms with Crippen LogP contribution in [0.25, 0.3) is 0 Å². The number of benzene rings is 1. The first-order chi connectivity index (χ1) is 12.5. The second-order valence-corrected chi connectivity index (χ2v) is 6.73. The number of rotatable bonds is 6. The first kappa shape index (κ1) is 18.2. The quantitative estimate of drug-likeness (QED) is 0.837. The molecule has 0 bridgehead atoms. The zero-order valence-corrected chi connectivity index (χ0v) is 14.9. The fourth-order valence-corrected chi connectivity index (χ4v) is 3.84. The van der Waals surface area contributed by atoms with Crippen LogP contribution in [0.2, 0.25) is 0 Å². The summed E-state index contributed by atoms with van der Waals surface area (Å²) >= 11 is 0. The SMILES string of the molecule is CCOc1ccccc1N1CC(C(=O)N2CCCC2CC(=O)O)CC1=O. The summed E-state index contributed by atoms with van der Waals surface area (Å²) in [6, 6.07) is 7.05. The van der Waals surface area contributed by atoms with Crippen molar-refractivity contribution in [1.29, 1.82) is 0 Å². The first-order valence-electron chi connectivity index (χ1n) is 9.05. The van der Waals surface area contributed by atoms with Crippen LogP contribution in [0.1, 0.15) is 32.6 Å². The Morgan fingerprint density at radius 2 is 2.08 bits per heavy atom. The third kappa shape index (κ3) is 3.66. The summed E-state index contributed by atoms with van der Waals surface area (Å²) in [7, 11) is 0. The number of para-hydroxylation sites is 2. The second kappa shape index (κ2) is 7.76. The average Bonchev–Trinajstić information content (AvgIpc) is 3.21. The minimum absolute atomic E-state index is 0.0384. The summed E-state index contributed by atoms with van der Waals surface area (Å²) in [5.74, 6) is -0.930. The van der Waals surface area contributed by atoms with Crippen LogP contribution >= 0.6 is 0 Å². The van der Waals surface area contributed by atoms with Gasteiger partial charge in [-0.25, -0.2) is 0 Å². The molecule has 1 aromatic rings. The Labute approximate surface area is 152 Å². The van der Waals surface area contributed by atoms with Gasteiger partial charge >= 0.3 is 5.97 Å². The highest BCUT2D eigenvalue weighted by atomic mass is 16.5. The van der Waals surface area contributed by atoms with Crippen molar-refractivity contribution >= 4 is 23.5 Å². The largest absolute Gasteiger partial charge is 0.492 e. The molecular formula is C19H24N2O5. The van der Waals surface area contributed by atoms with Crippen LogP contribution in [-0.2, 0) is 14.4 Å². The predicted molar refractivity (Wildman–Crippen MR) is 95.1 cm³/mol. The molecule has 2 atom stereocenters. The normalized spacial score (nSPS) is 22.7. The zero-order valence-electron chi connectivity index (χ0n) is 14.9.